The number of aliphatic hydroxyl groups excluding tert-OH is 1. The molecule has 0 saturated heterocycles. The highest BCUT2D eigenvalue weighted by Crippen LogP contribution is 2.30. The van der Waals surface area contributed by atoms with Gasteiger partial charge in [0.25, 0.3) is 5.91 Å². The maximum atomic E-state index is 12.4. The summed E-state index contributed by atoms with van der Waals surface area (Å²) < 4.78 is 5.54. The normalized spacial score (nSPS) is 12.2. The van der Waals surface area contributed by atoms with Gasteiger partial charge in [-0.25, -0.2) is 0 Å². The standard InChI is InChI=1S/C20H15NO4S2/c22-14-10-16(25-15-5-2-1-4-13(14)15)20(24)21-11-12-7-8-18(27-12)19(23)17-6-3-9-26-17/h1-10,19,23H,11H2,(H,21,24). The number of nitrogens with one attached hydrogen (secondary N) is 1. The van der Waals surface area contributed by atoms with Crippen molar-refractivity contribution in [2.75, 3.05) is 0 Å². The first-order valence-electron chi connectivity index (χ1n) is 8.23. The largest absolute Gasteiger partial charge is 0.451 e. The van der Waals surface area contributed by atoms with Gasteiger partial charge in [-0.3, -0.25) is 9.59 Å². The molecule has 3 aromatic heterocycles. The lowest BCUT2D eigenvalue weighted by Gasteiger charge is -2.05. The molecule has 27 heavy (non-hydrogen) atoms. The van der Waals surface area contributed by atoms with Gasteiger partial charge in [0, 0.05) is 20.7 Å². The van der Waals surface area contributed by atoms with Gasteiger partial charge in [-0.2, -0.15) is 0 Å². The monoisotopic (exact) mass is 397 g/mol. The predicted octanol–water partition coefficient (Wildman–Crippen LogP) is 3.93. The van der Waals surface area contributed by atoms with Gasteiger partial charge in [0.05, 0.1) is 11.9 Å². The quantitative estimate of drug-likeness (QED) is 0.535. The average molecular weight is 397 g/mol. The van der Waals surface area contributed by atoms with E-state index in [4.69, 9.17) is 4.42 Å². The van der Waals surface area contributed by atoms with Crippen LogP contribution in [0.25, 0.3) is 11.0 Å². The molecule has 5 nitrogen and oxygen atoms in total. The zero-order chi connectivity index (χ0) is 18.8. The Balaban J connectivity index is 1.46. The molecule has 0 spiro atoms. The predicted molar refractivity (Wildman–Crippen MR) is 106 cm³/mol. The van der Waals surface area contributed by atoms with Crippen molar-refractivity contribution in [2.45, 2.75) is 12.6 Å². The van der Waals surface area contributed by atoms with E-state index in [1.54, 1.807) is 24.3 Å². The molecule has 0 fully saturated rings. The molecule has 0 aliphatic carbocycles. The van der Waals surface area contributed by atoms with Crippen LogP contribution < -0.4 is 10.7 Å². The molecule has 1 amide bonds. The maximum absolute atomic E-state index is 12.4. The summed E-state index contributed by atoms with van der Waals surface area (Å²) in [7, 11) is 0. The number of thiophene rings is 2. The molecular weight excluding hydrogens is 382 g/mol. The Labute approximate surface area is 162 Å². The molecule has 7 heteroatoms. The average Bonchev–Trinajstić information content (AvgIpc) is 3.37. The van der Waals surface area contributed by atoms with Crippen LogP contribution in [0.4, 0.5) is 0 Å². The summed E-state index contributed by atoms with van der Waals surface area (Å²) in [5.74, 6) is -0.472. The van der Waals surface area contributed by atoms with Crippen molar-refractivity contribution >= 4 is 39.5 Å². The Morgan fingerprint density at radius 2 is 1.96 bits per heavy atom. The van der Waals surface area contributed by atoms with Gasteiger partial charge in [0.15, 0.2) is 11.2 Å². The topological polar surface area (TPSA) is 79.5 Å². The number of aliphatic hydroxyl groups is 1. The number of hydrogen-bond acceptors (Lipinski definition) is 6. The van der Waals surface area contributed by atoms with Gasteiger partial charge >= 0.3 is 0 Å². The van der Waals surface area contributed by atoms with Crippen molar-refractivity contribution in [1.82, 2.24) is 5.32 Å². The van der Waals surface area contributed by atoms with Gasteiger partial charge in [0.2, 0.25) is 0 Å². The summed E-state index contributed by atoms with van der Waals surface area (Å²) in [6.07, 6.45) is -0.655. The SMILES string of the molecule is O=C(NCc1ccc(C(O)c2cccs2)s1)c1cc(=O)c2ccccc2o1. The fourth-order valence-electron chi connectivity index (χ4n) is 2.69. The van der Waals surface area contributed by atoms with E-state index in [2.05, 4.69) is 5.32 Å². The Morgan fingerprint density at radius 3 is 2.78 bits per heavy atom. The molecule has 1 aromatic carbocycles. The zero-order valence-electron chi connectivity index (χ0n) is 14.0. The molecule has 0 saturated carbocycles. The van der Waals surface area contributed by atoms with E-state index in [-0.39, 0.29) is 17.7 Å². The Hall–Kier alpha value is -2.74. The number of carbonyl (C=O) groups is 1. The van der Waals surface area contributed by atoms with Crippen LogP contribution in [0.5, 0.6) is 0 Å². The van der Waals surface area contributed by atoms with Gasteiger partial charge in [0.1, 0.15) is 11.7 Å². The van der Waals surface area contributed by atoms with E-state index < -0.39 is 12.0 Å². The summed E-state index contributed by atoms with van der Waals surface area (Å²) >= 11 is 2.93. The molecule has 136 valence electrons. The fourth-order valence-corrected chi connectivity index (χ4v) is 4.45. The summed E-state index contributed by atoms with van der Waals surface area (Å²) in [6.45, 7) is 0.289. The van der Waals surface area contributed by atoms with Crippen molar-refractivity contribution in [2.24, 2.45) is 0 Å². The van der Waals surface area contributed by atoms with Crippen LogP contribution in [0.3, 0.4) is 0 Å². The summed E-state index contributed by atoms with van der Waals surface area (Å²) in [4.78, 5) is 27.1. The first-order valence-corrected chi connectivity index (χ1v) is 9.92. The summed E-state index contributed by atoms with van der Waals surface area (Å²) in [6, 6.07) is 15.5. The molecule has 3 heterocycles. The molecular formula is C20H15NO4S2. The number of carbonyl (C=O) groups excluding carboxylic acids is 1. The van der Waals surface area contributed by atoms with Crippen molar-refractivity contribution < 1.29 is 14.3 Å². The highest BCUT2D eigenvalue weighted by molar-refractivity contribution is 7.12. The highest BCUT2D eigenvalue weighted by atomic mass is 32.1. The molecule has 1 unspecified atom stereocenters. The van der Waals surface area contributed by atoms with E-state index in [0.29, 0.717) is 11.0 Å². The number of para-hydroxylation sites is 1. The fraction of sp³-hybridized carbons (Fsp3) is 0.100. The van der Waals surface area contributed by atoms with Gasteiger partial charge in [-0.05, 0) is 35.7 Å². The van der Waals surface area contributed by atoms with E-state index in [1.807, 2.05) is 29.6 Å². The minimum atomic E-state index is -0.655. The summed E-state index contributed by atoms with van der Waals surface area (Å²) in [5, 5.41) is 15.5. The van der Waals surface area contributed by atoms with Gasteiger partial charge in [-0.1, -0.05) is 18.2 Å². The van der Waals surface area contributed by atoms with Crippen LogP contribution in [0.2, 0.25) is 0 Å². The van der Waals surface area contributed by atoms with Crippen LogP contribution in [0.15, 0.2) is 69.2 Å². The van der Waals surface area contributed by atoms with Crippen molar-refractivity contribution in [3.63, 3.8) is 0 Å². The number of amides is 1. The van der Waals surface area contributed by atoms with Crippen LogP contribution in [-0.2, 0) is 6.54 Å². The molecule has 4 rings (SSSR count). The summed E-state index contributed by atoms with van der Waals surface area (Å²) in [5.41, 5.74) is 0.132. The van der Waals surface area contributed by atoms with Crippen LogP contribution in [0, 0.1) is 0 Å². The zero-order valence-corrected chi connectivity index (χ0v) is 15.7. The molecule has 0 aliphatic heterocycles. The molecule has 0 radical (unpaired) electrons. The molecule has 1 atom stereocenters. The molecule has 4 aromatic rings. The molecule has 0 aliphatic rings. The third-order valence-corrected chi connectivity index (χ3v) is 6.11. The number of rotatable bonds is 5. The Kier molecular flexibility index (Phi) is 4.89. The Morgan fingerprint density at radius 1 is 1.11 bits per heavy atom. The lowest BCUT2D eigenvalue weighted by atomic mass is 10.2. The number of fused-ring (bicyclic) bond motifs is 1. The Bertz CT molecular complexity index is 1140. The van der Waals surface area contributed by atoms with Crippen LogP contribution in [0.1, 0.15) is 31.3 Å². The van der Waals surface area contributed by atoms with E-state index >= 15 is 0 Å². The lowest BCUT2D eigenvalue weighted by molar-refractivity contribution is 0.0924. The van der Waals surface area contributed by atoms with Crippen molar-refractivity contribution in [3.8, 4) is 0 Å². The highest BCUT2D eigenvalue weighted by Gasteiger charge is 2.15. The lowest BCUT2D eigenvalue weighted by Crippen LogP contribution is -2.23. The first-order chi connectivity index (χ1) is 13.1. The maximum Gasteiger partial charge on any atom is 0.287 e. The third-order valence-electron chi connectivity index (χ3n) is 4.05. The van der Waals surface area contributed by atoms with E-state index in [9.17, 15) is 14.7 Å². The van der Waals surface area contributed by atoms with E-state index in [1.165, 1.54) is 28.7 Å². The van der Waals surface area contributed by atoms with Gasteiger partial charge < -0.3 is 14.8 Å². The van der Waals surface area contributed by atoms with Crippen LogP contribution >= 0.6 is 22.7 Å². The second kappa shape index (κ2) is 7.48. The molecule has 2 N–H and O–H groups in total. The smallest absolute Gasteiger partial charge is 0.287 e. The molecule has 0 bridgehead atoms. The van der Waals surface area contributed by atoms with Crippen molar-refractivity contribution in [1.29, 1.82) is 0 Å². The minimum absolute atomic E-state index is 0.0194. The van der Waals surface area contributed by atoms with Crippen LogP contribution in [-0.4, -0.2) is 11.0 Å². The second-order valence-corrected chi connectivity index (χ2v) is 8.05. The van der Waals surface area contributed by atoms with E-state index in [0.717, 1.165) is 14.6 Å². The third kappa shape index (κ3) is 3.71. The first kappa shape index (κ1) is 17.7. The number of hydrogen-bond donors (Lipinski definition) is 2. The van der Waals surface area contributed by atoms with Crippen molar-refractivity contribution in [3.05, 3.63) is 90.6 Å². The second-order valence-electron chi connectivity index (χ2n) is 5.88. The number of benzene rings is 1. The minimum Gasteiger partial charge on any atom is -0.451 e. The van der Waals surface area contributed by atoms with Gasteiger partial charge in [-0.15, -0.1) is 22.7 Å².